The average Bonchev–Trinajstić information content (AvgIpc) is 2.28. The number of hydrogen-bond acceptors (Lipinski definition) is 3. The van der Waals surface area contributed by atoms with Crippen LogP contribution in [-0.4, -0.2) is 55.1 Å². The Morgan fingerprint density at radius 2 is 1.88 bits per heavy atom. The molecule has 0 unspecified atom stereocenters. The molecule has 0 aromatic carbocycles. The van der Waals surface area contributed by atoms with Crippen molar-refractivity contribution in [3.8, 4) is 0 Å². The van der Waals surface area contributed by atoms with Crippen LogP contribution < -0.4 is 5.73 Å². The molecule has 0 saturated carbocycles. The van der Waals surface area contributed by atoms with Gasteiger partial charge in [-0.3, -0.25) is 4.90 Å². The normalized spacial score (nSPS) is 21.9. The van der Waals surface area contributed by atoms with E-state index in [1.54, 1.807) is 0 Å². The van der Waals surface area contributed by atoms with Gasteiger partial charge in [0.15, 0.2) is 0 Å². The van der Waals surface area contributed by atoms with Crippen molar-refractivity contribution in [3.63, 3.8) is 0 Å². The monoisotopic (exact) mass is 227 g/mol. The summed E-state index contributed by atoms with van der Waals surface area (Å²) in [6, 6.07) is 0. The van der Waals surface area contributed by atoms with Gasteiger partial charge in [0.1, 0.15) is 0 Å². The minimum atomic E-state index is 0.266. The fraction of sp³-hybridized carbons (Fsp3) is 1.00. The number of nitrogens with two attached hydrogens (primary N) is 1. The van der Waals surface area contributed by atoms with E-state index < -0.39 is 0 Å². The highest BCUT2D eigenvalue weighted by molar-refractivity contribution is 4.94. The predicted octanol–water partition coefficient (Wildman–Crippen LogP) is 1.39. The Hall–Kier alpha value is -0.120. The minimum Gasteiger partial charge on any atom is -0.329 e. The van der Waals surface area contributed by atoms with Crippen molar-refractivity contribution in [2.75, 3.05) is 39.8 Å². The molecule has 0 aromatic rings. The third kappa shape index (κ3) is 3.19. The molecule has 3 nitrogen and oxygen atoms in total. The van der Waals surface area contributed by atoms with Crippen LogP contribution in [0.25, 0.3) is 0 Å². The van der Waals surface area contributed by atoms with Crippen molar-refractivity contribution in [2.24, 2.45) is 11.7 Å². The van der Waals surface area contributed by atoms with E-state index >= 15 is 0 Å². The van der Waals surface area contributed by atoms with Gasteiger partial charge in [0, 0.05) is 18.6 Å². The quantitative estimate of drug-likeness (QED) is 0.770. The molecule has 3 heteroatoms. The first kappa shape index (κ1) is 13.9. The lowest BCUT2D eigenvalue weighted by molar-refractivity contribution is 0.0449. The number of likely N-dealkylation sites (tertiary alicyclic amines) is 1. The molecule has 0 bridgehead atoms. The van der Waals surface area contributed by atoms with E-state index in [1.165, 1.54) is 32.5 Å². The van der Waals surface area contributed by atoms with Gasteiger partial charge in [-0.2, -0.15) is 0 Å². The van der Waals surface area contributed by atoms with Crippen LogP contribution in [0.4, 0.5) is 0 Å². The van der Waals surface area contributed by atoms with Gasteiger partial charge in [-0.15, -0.1) is 0 Å². The highest BCUT2D eigenvalue weighted by Crippen LogP contribution is 2.27. The SMILES string of the molecule is CCN(C)C1(CN)CCN(CC(C)C)CC1. The molecule has 0 atom stereocenters. The topological polar surface area (TPSA) is 32.5 Å². The fourth-order valence-corrected chi connectivity index (χ4v) is 2.75. The molecule has 0 aliphatic carbocycles. The number of piperidine rings is 1. The zero-order chi connectivity index (χ0) is 12.2. The van der Waals surface area contributed by atoms with E-state index in [2.05, 4.69) is 37.6 Å². The summed E-state index contributed by atoms with van der Waals surface area (Å²) >= 11 is 0. The van der Waals surface area contributed by atoms with Crippen LogP contribution in [0.15, 0.2) is 0 Å². The molecule has 1 heterocycles. The molecule has 1 aliphatic rings. The van der Waals surface area contributed by atoms with E-state index in [0.717, 1.165) is 19.0 Å². The minimum absolute atomic E-state index is 0.266. The molecule has 0 amide bonds. The fourth-order valence-electron chi connectivity index (χ4n) is 2.75. The van der Waals surface area contributed by atoms with Gasteiger partial charge in [0.2, 0.25) is 0 Å². The summed E-state index contributed by atoms with van der Waals surface area (Å²) in [6.07, 6.45) is 2.45. The first-order chi connectivity index (χ1) is 7.54. The van der Waals surface area contributed by atoms with Gasteiger partial charge in [-0.1, -0.05) is 20.8 Å². The molecule has 1 saturated heterocycles. The molecule has 0 radical (unpaired) electrons. The van der Waals surface area contributed by atoms with Gasteiger partial charge in [0.25, 0.3) is 0 Å². The summed E-state index contributed by atoms with van der Waals surface area (Å²) in [5.41, 5.74) is 6.27. The number of likely N-dealkylation sites (N-methyl/N-ethyl adjacent to an activating group) is 1. The van der Waals surface area contributed by atoms with Crippen LogP contribution in [0.3, 0.4) is 0 Å². The maximum Gasteiger partial charge on any atom is 0.0352 e. The smallest absolute Gasteiger partial charge is 0.0352 e. The molecule has 1 fully saturated rings. The molecule has 2 N–H and O–H groups in total. The van der Waals surface area contributed by atoms with Crippen LogP contribution in [0.2, 0.25) is 0 Å². The highest BCUT2D eigenvalue weighted by Gasteiger charge is 2.36. The molecule has 1 rings (SSSR count). The number of nitrogens with zero attached hydrogens (tertiary/aromatic N) is 2. The van der Waals surface area contributed by atoms with Gasteiger partial charge in [0.05, 0.1) is 0 Å². The Balaban J connectivity index is 2.50. The third-order valence-corrected chi connectivity index (χ3v) is 4.07. The summed E-state index contributed by atoms with van der Waals surface area (Å²) in [5, 5.41) is 0. The second kappa shape index (κ2) is 5.99. The maximum atomic E-state index is 6.00. The van der Waals surface area contributed by atoms with E-state index in [9.17, 15) is 0 Å². The zero-order valence-electron chi connectivity index (χ0n) is 11.5. The second-order valence-corrected chi connectivity index (χ2v) is 5.64. The second-order valence-electron chi connectivity index (χ2n) is 5.64. The summed E-state index contributed by atoms with van der Waals surface area (Å²) in [5.74, 6) is 0.772. The Kier molecular flexibility index (Phi) is 5.22. The molecule has 96 valence electrons. The van der Waals surface area contributed by atoms with Gasteiger partial charge in [-0.05, 0) is 45.4 Å². The molecular formula is C13H29N3. The molecule has 16 heavy (non-hydrogen) atoms. The van der Waals surface area contributed by atoms with Crippen molar-refractivity contribution in [1.82, 2.24) is 9.80 Å². The zero-order valence-corrected chi connectivity index (χ0v) is 11.5. The largest absolute Gasteiger partial charge is 0.329 e. The molecule has 0 aromatic heterocycles. The van der Waals surface area contributed by atoms with E-state index in [0.29, 0.717) is 0 Å². The van der Waals surface area contributed by atoms with Crippen molar-refractivity contribution < 1.29 is 0 Å². The number of hydrogen-bond donors (Lipinski definition) is 1. The lowest BCUT2D eigenvalue weighted by atomic mass is 9.85. The molecular weight excluding hydrogens is 198 g/mol. The van der Waals surface area contributed by atoms with E-state index in [4.69, 9.17) is 5.73 Å². The van der Waals surface area contributed by atoms with Crippen LogP contribution in [0.5, 0.6) is 0 Å². The highest BCUT2D eigenvalue weighted by atomic mass is 15.2. The summed E-state index contributed by atoms with van der Waals surface area (Å²) in [6.45, 7) is 12.4. The predicted molar refractivity (Wildman–Crippen MR) is 70.6 cm³/mol. The van der Waals surface area contributed by atoms with Gasteiger partial charge in [-0.25, -0.2) is 0 Å². The first-order valence-electron chi connectivity index (χ1n) is 6.67. The van der Waals surface area contributed by atoms with Crippen LogP contribution in [-0.2, 0) is 0 Å². The van der Waals surface area contributed by atoms with Crippen molar-refractivity contribution in [2.45, 2.75) is 39.2 Å². The standard InChI is InChI=1S/C13H29N3/c1-5-15(4)13(11-14)6-8-16(9-7-13)10-12(2)3/h12H,5-11,14H2,1-4H3. The van der Waals surface area contributed by atoms with Crippen LogP contribution in [0.1, 0.15) is 33.6 Å². The van der Waals surface area contributed by atoms with Crippen LogP contribution in [0, 0.1) is 5.92 Å². The Labute approximate surface area is 101 Å². The van der Waals surface area contributed by atoms with Gasteiger partial charge >= 0.3 is 0 Å². The maximum absolute atomic E-state index is 6.00. The Bertz CT molecular complexity index is 195. The van der Waals surface area contributed by atoms with Crippen molar-refractivity contribution in [1.29, 1.82) is 0 Å². The van der Waals surface area contributed by atoms with Crippen molar-refractivity contribution in [3.05, 3.63) is 0 Å². The van der Waals surface area contributed by atoms with E-state index in [1.807, 2.05) is 0 Å². The number of rotatable bonds is 5. The van der Waals surface area contributed by atoms with Gasteiger partial charge < -0.3 is 10.6 Å². The molecule has 1 aliphatic heterocycles. The Morgan fingerprint density at radius 3 is 2.25 bits per heavy atom. The lowest BCUT2D eigenvalue weighted by Gasteiger charge is -2.47. The lowest BCUT2D eigenvalue weighted by Crippen LogP contribution is -2.58. The Morgan fingerprint density at radius 1 is 1.31 bits per heavy atom. The summed E-state index contributed by atoms with van der Waals surface area (Å²) in [7, 11) is 2.21. The van der Waals surface area contributed by atoms with Crippen LogP contribution >= 0.6 is 0 Å². The van der Waals surface area contributed by atoms with Crippen molar-refractivity contribution >= 4 is 0 Å². The average molecular weight is 227 g/mol. The summed E-state index contributed by atoms with van der Waals surface area (Å²) < 4.78 is 0. The molecule has 0 spiro atoms. The van der Waals surface area contributed by atoms with E-state index in [-0.39, 0.29) is 5.54 Å². The third-order valence-electron chi connectivity index (χ3n) is 4.07. The summed E-state index contributed by atoms with van der Waals surface area (Å²) in [4.78, 5) is 5.03. The first-order valence-corrected chi connectivity index (χ1v) is 6.67.